The first-order valence-electron chi connectivity index (χ1n) is 13.1. The number of carboxylic acid groups (broad SMARTS) is 1. The molecule has 0 bridgehead atoms. The molecule has 0 aliphatic heterocycles. The lowest BCUT2D eigenvalue weighted by atomic mass is 10.1. The minimum Gasteiger partial charge on any atom is -0.481 e. The maximum atomic E-state index is 11.7. The average Bonchev–Trinajstić information content (AvgIpc) is 3.16. The van der Waals surface area contributed by atoms with Gasteiger partial charge in [0, 0.05) is 53.9 Å². The topological polar surface area (TPSA) is 96.7 Å². The fourth-order valence-corrected chi connectivity index (χ4v) is 3.81. The molecule has 2 N–H and O–H groups in total. The Labute approximate surface area is 265 Å². The van der Waals surface area contributed by atoms with Gasteiger partial charge in [-0.3, -0.25) is 14.3 Å². The average molecular weight is 656 g/mol. The van der Waals surface area contributed by atoms with Crippen LogP contribution in [0.1, 0.15) is 30.6 Å². The summed E-state index contributed by atoms with van der Waals surface area (Å²) in [4.78, 5) is 21.8. The lowest BCUT2D eigenvalue weighted by molar-refractivity contribution is -0.303. The minimum absolute atomic E-state index is 0.184. The van der Waals surface area contributed by atoms with Crippen LogP contribution in [0.3, 0.4) is 0 Å². The van der Waals surface area contributed by atoms with Crippen molar-refractivity contribution in [3.05, 3.63) is 100 Å². The van der Waals surface area contributed by atoms with Crippen molar-refractivity contribution < 1.29 is 32.6 Å². The number of ether oxygens (including phenoxy) is 1. The van der Waals surface area contributed by atoms with Crippen LogP contribution in [0.15, 0.2) is 84.7 Å². The van der Waals surface area contributed by atoms with Crippen LogP contribution in [-0.4, -0.2) is 54.1 Å². The summed E-state index contributed by atoms with van der Waals surface area (Å²) in [5, 5.41) is 16.0. The van der Waals surface area contributed by atoms with E-state index in [4.69, 9.17) is 33.1 Å². The predicted octanol–water partition coefficient (Wildman–Crippen LogP) is 8.21. The van der Waals surface area contributed by atoms with Crippen LogP contribution in [-0.2, 0) is 16.6 Å². The number of hydrogen-bond donors (Lipinski definition) is 2. The van der Waals surface area contributed by atoms with E-state index in [-0.39, 0.29) is 5.76 Å². The number of anilines is 2. The molecule has 0 spiro atoms. The Hall–Kier alpha value is -4.06. The highest BCUT2D eigenvalue weighted by Gasteiger charge is 2.31. The molecule has 3 aromatic rings. The maximum Gasteiger partial charge on any atom is 0.573 e. The Kier molecular flexibility index (Phi) is 16.6. The molecule has 1 aromatic heterocycles. The molecule has 0 radical (unpaired) electrons. The molecule has 13 heteroatoms. The van der Waals surface area contributed by atoms with Gasteiger partial charge >= 0.3 is 6.36 Å². The van der Waals surface area contributed by atoms with E-state index in [1.165, 1.54) is 18.2 Å². The van der Waals surface area contributed by atoms with E-state index in [1.54, 1.807) is 35.0 Å². The van der Waals surface area contributed by atoms with E-state index < -0.39 is 12.3 Å². The third-order valence-corrected chi connectivity index (χ3v) is 5.75. The number of hydrogen-bond acceptors (Lipinski definition) is 6. The van der Waals surface area contributed by atoms with Crippen LogP contribution >= 0.6 is 23.2 Å². The van der Waals surface area contributed by atoms with Crippen molar-refractivity contribution in [1.29, 1.82) is 0 Å². The number of aryl methyl sites for hydroxylation is 1. The van der Waals surface area contributed by atoms with E-state index in [1.807, 2.05) is 56.4 Å². The number of benzene rings is 2. The summed E-state index contributed by atoms with van der Waals surface area (Å²) in [5.74, 6) is -0.115. The molecular formula is C31H35Cl2F3N4O4. The third-order valence-electron chi connectivity index (χ3n) is 5.31. The zero-order chi connectivity index (χ0) is 33.3. The van der Waals surface area contributed by atoms with Crippen molar-refractivity contribution in [2.24, 2.45) is 7.05 Å². The maximum absolute atomic E-state index is 11.7. The van der Waals surface area contributed by atoms with E-state index in [0.717, 1.165) is 42.5 Å². The Balaban J connectivity index is 0.000000401. The fraction of sp³-hybridized carbons (Fsp3) is 0.258. The molecular weight excluding hydrogens is 620 g/mol. The number of halogens is 5. The molecule has 1 aliphatic carbocycles. The zero-order valence-electron chi connectivity index (χ0n) is 24.9. The first kappa shape index (κ1) is 38.0. The molecule has 1 aliphatic rings. The standard InChI is InChI=1S/C18H15Cl2N3O.C8H7F3O.C3H9N.C2H4O2/c1-22(16-5-3-12(11-24)4-6-16)18-10-17(21-23(18)2)13-7-14(19)9-15(20)8-13;9-8(10,11)12-7-5-3-1-2-4-6-7;1-3-4-2;1-2(3)4/h3-11H,1-2H3;1,3-6H,2H2;4H,3H2,1-2H3;1H3,(H,3,4). The number of aliphatic carboxylic acids is 1. The Morgan fingerprint density at radius 3 is 2.20 bits per heavy atom. The second-order valence-electron chi connectivity index (χ2n) is 8.85. The van der Waals surface area contributed by atoms with Gasteiger partial charge < -0.3 is 20.1 Å². The number of carbonyl (C=O) groups excluding carboxylic acids is 1. The van der Waals surface area contributed by atoms with Crippen molar-refractivity contribution in [2.75, 3.05) is 25.5 Å². The molecule has 0 saturated heterocycles. The van der Waals surface area contributed by atoms with Gasteiger partial charge in [-0.2, -0.15) is 5.10 Å². The summed E-state index contributed by atoms with van der Waals surface area (Å²) in [6.07, 6.45) is 4.29. The summed E-state index contributed by atoms with van der Waals surface area (Å²) in [5.41, 5.74) is 3.25. The van der Waals surface area contributed by atoms with Gasteiger partial charge in [0.2, 0.25) is 0 Å². The molecule has 1 heterocycles. The van der Waals surface area contributed by atoms with Gasteiger partial charge in [0.05, 0.1) is 5.69 Å². The molecule has 2 aromatic carbocycles. The Morgan fingerprint density at radius 1 is 1.14 bits per heavy atom. The minimum atomic E-state index is -4.60. The first-order valence-corrected chi connectivity index (χ1v) is 13.9. The predicted molar refractivity (Wildman–Crippen MR) is 170 cm³/mol. The summed E-state index contributed by atoms with van der Waals surface area (Å²) < 4.78 is 40.4. The third kappa shape index (κ3) is 14.9. The Morgan fingerprint density at radius 2 is 1.70 bits per heavy atom. The van der Waals surface area contributed by atoms with Crippen LogP contribution in [0.4, 0.5) is 24.7 Å². The van der Waals surface area contributed by atoms with Crippen molar-refractivity contribution in [1.82, 2.24) is 15.1 Å². The second kappa shape index (κ2) is 19.3. The number of aromatic nitrogens is 2. The highest BCUT2D eigenvalue weighted by Crippen LogP contribution is 2.31. The number of allylic oxidation sites excluding steroid dienone is 5. The quantitative estimate of drug-likeness (QED) is 0.259. The first-order chi connectivity index (χ1) is 20.7. The van der Waals surface area contributed by atoms with E-state index in [2.05, 4.69) is 22.1 Å². The molecule has 8 nitrogen and oxygen atoms in total. The second-order valence-corrected chi connectivity index (χ2v) is 9.72. The van der Waals surface area contributed by atoms with Crippen LogP contribution in [0, 0.1) is 0 Å². The normalized spacial score (nSPS) is 11.7. The molecule has 0 atom stereocenters. The lowest BCUT2D eigenvalue weighted by Crippen LogP contribution is -2.13. The van der Waals surface area contributed by atoms with Gasteiger partial charge in [-0.15, -0.1) is 13.2 Å². The summed E-state index contributed by atoms with van der Waals surface area (Å²) in [6.45, 7) is 4.22. The molecule has 0 saturated carbocycles. The number of rotatable bonds is 6. The van der Waals surface area contributed by atoms with E-state index >= 15 is 0 Å². The van der Waals surface area contributed by atoms with Crippen LogP contribution in [0.25, 0.3) is 11.3 Å². The van der Waals surface area contributed by atoms with Crippen molar-refractivity contribution in [2.45, 2.75) is 26.6 Å². The highest BCUT2D eigenvalue weighted by atomic mass is 35.5. The van der Waals surface area contributed by atoms with E-state index in [9.17, 15) is 18.0 Å². The number of aldehydes is 1. The number of nitrogens with one attached hydrogen (secondary N) is 1. The SMILES string of the molecule is CC(=O)O.CCNC.CN(c1ccc(C=O)cc1)c1cc(-c2cc(Cl)cc(Cl)c2)nn1C.FC(F)(F)OC1=CC=CCC=C1. The molecule has 238 valence electrons. The zero-order valence-corrected chi connectivity index (χ0v) is 26.4. The van der Waals surface area contributed by atoms with Gasteiger partial charge in [-0.25, -0.2) is 0 Å². The van der Waals surface area contributed by atoms with E-state index in [0.29, 0.717) is 22.0 Å². The van der Waals surface area contributed by atoms with Gasteiger partial charge in [0.25, 0.3) is 5.97 Å². The number of nitrogens with zero attached hydrogens (tertiary/aromatic N) is 3. The van der Waals surface area contributed by atoms with Crippen LogP contribution in [0.2, 0.25) is 10.0 Å². The number of alkyl halides is 3. The smallest absolute Gasteiger partial charge is 0.481 e. The molecule has 44 heavy (non-hydrogen) atoms. The molecule has 4 rings (SSSR count). The van der Waals surface area contributed by atoms with Gasteiger partial charge in [-0.1, -0.05) is 48.4 Å². The van der Waals surface area contributed by atoms with Gasteiger partial charge in [0.1, 0.15) is 17.9 Å². The van der Waals surface area contributed by atoms with Crippen molar-refractivity contribution in [3.8, 4) is 11.3 Å². The number of carbonyl (C=O) groups is 2. The molecule has 0 amide bonds. The fourth-order valence-electron chi connectivity index (χ4n) is 3.28. The molecule has 0 unspecified atom stereocenters. The van der Waals surface area contributed by atoms with Gasteiger partial charge in [-0.05, 0) is 74.6 Å². The lowest BCUT2D eigenvalue weighted by Gasteiger charge is -2.18. The highest BCUT2D eigenvalue weighted by molar-refractivity contribution is 6.35. The monoisotopic (exact) mass is 654 g/mol. The number of carboxylic acids is 1. The largest absolute Gasteiger partial charge is 0.573 e. The summed E-state index contributed by atoms with van der Waals surface area (Å²) in [7, 11) is 5.75. The van der Waals surface area contributed by atoms with Crippen LogP contribution in [0.5, 0.6) is 0 Å². The Bertz CT molecular complexity index is 1410. The van der Waals surface area contributed by atoms with Crippen molar-refractivity contribution in [3.63, 3.8) is 0 Å². The van der Waals surface area contributed by atoms with Crippen LogP contribution < -0.4 is 10.2 Å². The molecule has 0 fully saturated rings. The summed E-state index contributed by atoms with van der Waals surface area (Å²) in [6, 6.07) is 14.7. The summed E-state index contributed by atoms with van der Waals surface area (Å²) >= 11 is 12.2. The van der Waals surface area contributed by atoms with Crippen molar-refractivity contribution >= 4 is 47.0 Å². The van der Waals surface area contributed by atoms with Gasteiger partial charge in [0.15, 0.2) is 0 Å².